The Morgan fingerprint density at radius 1 is 1.02 bits per heavy atom. The first-order valence-electron chi connectivity index (χ1n) is 12.7. The molecule has 0 saturated heterocycles. The SMILES string of the molecule is CNc1ncc2c(n1)N(C)C(=O)N(c1ccc(F)c(NC(=O)Nc3cc(C(C)(C)C)nn3-c3ccccc3)c1)C2. The largest absolute Gasteiger partial charge is 0.357 e. The van der Waals surface area contributed by atoms with Gasteiger partial charge in [0.15, 0.2) is 0 Å². The second kappa shape index (κ2) is 10.3. The van der Waals surface area contributed by atoms with E-state index in [4.69, 9.17) is 0 Å². The van der Waals surface area contributed by atoms with E-state index >= 15 is 0 Å². The average Bonchev–Trinajstić information content (AvgIpc) is 3.36. The number of para-hydroxylation sites is 1. The van der Waals surface area contributed by atoms with Crippen LogP contribution in [0.5, 0.6) is 0 Å². The summed E-state index contributed by atoms with van der Waals surface area (Å²) >= 11 is 0. The number of halogens is 1. The number of rotatable bonds is 5. The Morgan fingerprint density at radius 2 is 1.77 bits per heavy atom. The van der Waals surface area contributed by atoms with Crippen molar-refractivity contribution in [3.05, 3.63) is 77.9 Å². The summed E-state index contributed by atoms with van der Waals surface area (Å²) in [6, 6.07) is 14.3. The molecule has 4 amide bonds. The zero-order chi connectivity index (χ0) is 28.6. The predicted molar refractivity (Wildman–Crippen MR) is 153 cm³/mol. The van der Waals surface area contributed by atoms with E-state index in [0.29, 0.717) is 23.3 Å². The average molecular weight is 544 g/mol. The van der Waals surface area contributed by atoms with E-state index in [1.54, 1.807) is 31.0 Å². The van der Waals surface area contributed by atoms with Crippen molar-refractivity contribution in [1.29, 1.82) is 0 Å². The number of fused-ring (bicyclic) bond motifs is 1. The fourth-order valence-corrected chi connectivity index (χ4v) is 4.28. The lowest BCUT2D eigenvalue weighted by molar-refractivity contribution is 0.251. The first-order valence-corrected chi connectivity index (χ1v) is 12.7. The van der Waals surface area contributed by atoms with Crippen LogP contribution in [0.25, 0.3) is 5.69 Å². The summed E-state index contributed by atoms with van der Waals surface area (Å²) in [5, 5.41) is 12.9. The van der Waals surface area contributed by atoms with Crippen LogP contribution in [0.15, 0.2) is 60.8 Å². The van der Waals surface area contributed by atoms with Crippen molar-refractivity contribution in [3.8, 4) is 5.69 Å². The molecule has 4 aromatic rings. The molecule has 5 rings (SSSR count). The molecule has 1 aliphatic rings. The number of aromatic nitrogens is 4. The van der Waals surface area contributed by atoms with Gasteiger partial charge in [-0.05, 0) is 30.3 Å². The summed E-state index contributed by atoms with van der Waals surface area (Å²) in [7, 11) is 3.30. The molecule has 0 aliphatic carbocycles. The molecule has 0 unspecified atom stereocenters. The minimum Gasteiger partial charge on any atom is -0.357 e. The summed E-state index contributed by atoms with van der Waals surface area (Å²) < 4.78 is 16.5. The predicted octanol–water partition coefficient (Wildman–Crippen LogP) is 5.36. The van der Waals surface area contributed by atoms with Crippen LogP contribution in [0.4, 0.5) is 42.9 Å². The Hall–Kier alpha value is -5.00. The lowest BCUT2D eigenvalue weighted by atomic mass is 9.92. The van der Waals surface area contributed by atoms with E-state index in [-0.39, 0.29) is 23.7 Å². The highest BCUT2D eigenvalue weighted by Crippen LogP contribution is 2.32. The Labute approximate surface area is 231 Å². The molecule has 2 aromatic heterocycles. The molecule has 2 aromatic carbocycles. The van der Waals surface area contributed by atoms with Crippen molar-refractivity contribution in [2.45, 2.75) is 32.7 Å². The lowest BCUT2D eigenvalue weighted by Gasteiger charge is -2.34. The van der Waals surface area contributed by atoms with Gasteiger partial charge in [-0.3, -0.25) is 15.1 Å². The van der Waals surface area contributed by atoms with Crippen LogP contribution in [0, 0.1) is 5.82 Å². The molecule has 3 heterocycles. The zero-order valence-electron chi connectivity index (χ0n) is 22.9. The third kappa shape index (κ3) is 5.15. The van der Waals surface area contributed by atoms with Crippen molar-refractivity contribution < 1.29 is 14.0 Å². The summed E-state index contributed by atoms with van der Waals surface area (Å²) in [6.45, 7) is 6.27. The smallest absolute Gasteiger partial charge is 0.330 e. The highest BCUT2D eigenvalue weighted by atomic mass is 19.1. The number of carbonyl (C=O) groups is 2. The fraction of sp³-hybridized carbons (Fsp3) is 0.250. The van der Waals surface area contributed by atoms with Crippen LogP contribution < -0.4 is 25.8 Å². The molecule has 12 heteroatoms. The number of anilines is 5. The maximum atomic E-state index is 14.8. The van der Waals surface area contributed by atoms with Gasteiger partial charge < -0.3 is 10.6 Å². The van der Waals surface area contributed by atoms with Gasteiger partial charge in [-0.25, -0.2) is 23.6 Å². The Morgan fingerprint density at radius 3 is 2.48 bits per heavy atom. The highest BCUT2D eigenvalue weighted by molar-refractivity contribution is 6.06. The van der Waals surface area contributed by atoms with Gasteiger partial charge in [0.05, 0.1) is 23.6 Å². The molecule has 0 fully saturated rings. The number of benzene rings is 2. The van der Waals surface area contributed by atoms with Gasteiger partial charge in [-0.2, -0.15) is 10.1 Å². The van der Waals surface area contributed by atoms with Gasteiger partial charge in [0.1, 0.15) is 17.5 Å². The van der Waals surface area contributed by atoms with Crippen LogP contribution >= 0.6 is 0 Å². The molecule has 1 aliphatic heterocycles. The molecule has 0 spiro atoms. The van der Waals surface area contributed by atoms with Crippen molar-refractivity contribution in [2.24, 2.45) is 0 Å². The lowest BCUT2D eigenvalue weighted by Crippen LogP contribution is -2.46. The van der Waals surface area contributed by atoms with Crippen molar-refractivity contribution in [1.82, 2.24) is 19.7 Å². The van der Waals surface area contributed by atoms with E-state index in [2.05, 4.69) is 31.0 Å². The van der Waals surface area contributed by atoms with Gasteiger partial charge in [-0.15, -0.1) is 0 Å². The van der Waals surface area contributed by atoms with Crippen molar-refractivity contribution in [2.75, 3.05) is 39.8 Å². The van der Waals surface area contributed by atoms with Crippen molar-refractivity contribution in [3.63, 3.8) is 0 Å². The summed E-state index contributed by atoms with van der Waals surface area (Å²) in [5.74, 6) is 0.668. The standard InChI is InChI=1S/C28H30FN9O2/c1-28(2,3)22-14-23(38(35-22)18-9-7-6-8-10-18)33-26(39)32-21-13-19(11-12-20(21)29)37-16-17-15-31-25(30-4)34-24(17)36(5)27(37)40/h6-15H,16H2,1-5H3,(H,30,31,34)(H2,32,33,39). The number of nitrogens with one attached hydrogen (secondary N) is 3. The van der Waals surface area contributed by atoms with E-state index in [9.17, 15) is 14.0 Å². The monoisotopic (exact) mass is 543 g/mol. The van der Waals surface area contributed by atoms with E-state index in [1.165, 1.54) is 28.0 Å². The Balaban J connectivity index is 1.39. The van der Waals surface area contributed by atoms with Gasteiger partial charge >= 0.3 is 12.1 Å². The molecule has 0 bridgehead atoms. The number of hydrogen-bond acceptors (Lipinski definition) is 6. The third-order valence-electron chi connectivity index (χ3n) is 6.46. The molecule has 3 N–H and O–H groups in total. The van der Waals surface area contributed by atoms with Gasteiger partial charge in [0.25, 0.3) is 0 Å². The highest BCUT2D eigenvalue weighted by Gasteiger charge is 2.31. The molecule has 0 radical (unpaired) electrons. The van der Waals surface area contributed by atoms with E-state index in [1.807, 2.05) is 51.1 Å². The van der Waals surface area contributed by atoms with Crippen LogP contribution in [0.1, 0.15) is 32.0 Å². The Bertz CT molecular complexity index is 1580. The van der Waals surface area contributed by atoms with Gasteiger partial charge in [0.2, 0.25) is 5.95 Å². The number of urea groups is 2. The molecule has 206 valence electrons. The van der Waals surface area contributed by atoms with Gasteiger partial charge in [0, 0.05) is 43.0 Å². The topological polar surface area (TPSA) is 120 Å². The fourth-order valence-electron chi connectivity index (χ4n) is 4.28. The zero-order valence-corrected chi connectivity index (χ0v) is 22.9. The quantitative estimate of drug-likeness (QED) is 0.312. The summed E-state index contributed by atoms with van der Waals surface area (Å²) in [5.41, 5.74) is 2.32. The summed E-state index contributed by atoms with van der Waals surface area (Å²) in [6.07, 6.45) is 1.64. The van der Waals surface area contributed by atoms with Crippen LogP contribution in [0.2, 0.25) is 0 Å². The number of nitrogens with zero attached hydrogens (tertiary/aromatic N) is 6. The second-order valence-electron chi connectivity index (χ2n) is 10.4. The second-order valence-corrected chi connectivity index (χ2v) is 10.4. The van der Waals surface area contributed by atoms with Crippen LogP contribution in [-0.4, -0.2) is 45.9 Å². The normalized spacial score (nSPS) is 13.2. The van der Waals surface area contributed by atoms with E-state index in [0.717, 1.165) is 16.9 Å². The molecule has 11 nitrogen and oxygen atoms in total. The number of amides is 4. The molecular formula is C28H30FN9O2. The molecular weight excluding hydrogens is 513 g/mol. The summed E-state index contributed by atoms with van der Waals surface area (Å²) in [4.78, 5) is 37.7. The van der Waals surface area contributed by atoms with Crippen LogP contribution in [0.3, 0.4) is 0 Å². The number of carbonyl (C=O) groups excluding carboxylic acids is 2. The number of hydrogen-bond donors (Lipinski definition) is 3. The third-order valence-corrected chi connectivity index (χ3v) is 6.46. The van der Waals surface area contributed by atoms with Gasteiger partial charge in [-0.1, -0.05) is 39.0 Å². The maximum absolute atomic E-state index is 14.8. The van der Waals surface area contributed by atoms with Crippen LogP contribution in [-0.2, 0) is 12.0 Å². The minimum atomic E-state index is -0.658. The van der Waals surface area contributed by atoms with Crippen molar-refractivity contribution >= 4 is 41.0 Å². The van der Waals surface area contributed by atoms with E-state index < -0.39 is 11.8 Å². The maximum Gasteiger partial charge on any atom is 0.330 e. The molecule has 0 atom stereocenters. The minimum absolute atomic E-state index is 0.0835. The Kier molecular flexibility index (Phi) is 6.84. The first kappa shape index (κ1) is 26.6. The molecule has 0 saturated carbocycles. The molecule has 40 heavy (non-hydrogen) atoms. The first-order chi connectivity index (χ1) is 19.0.